The van der Waals surface area contributed by atoms with E-state index in [4.69, 9.17) is 0 Å². The molecule has 104 valence electrons. The molecule has 0 saturated carbocycles. The molecule has 1 saturated heterocycles. The average Bonchev–Trinajstić information content (AvgIpc) is 2.41. The van der Waals surface area contributed by atoms with Crippen molar-refractivity contribution in [3.8, 4) is 0 Å². The van der Waals surface area contributed by atoms with Gasteiger partial charge in [-0.1, -0.05) is 0 Å². The van der Waals surface area contributed by atoms with Crippen molar-refractivity contribution >= 4 is 17.7 Å². The molecule has 0 aromatic carbocycles. The Morgan fingerprint density at radius 3 is 2.68 bits per heavy atom. The van der Waals surface area contributed by atoms with Crippen LogP contribution in [0.5, 0.6) is 0 Å². The van der Waals surface area contributed by atoms with Crippen LogP contribution < -0.4 is 10.2 Å². The van der Waals surface area contributed by atoms with E-state index >= 15 is 0 Å². The largest absolute Gasteiger partial charge is 0.354 e. The van der Waals surface area contributed by atoms with Crippen molar-refractivity contribution in [2.75, 3.05) is 42.9 Å². The monoisotopic (exact) mass is 267 g/mol. The van der Waals surface area contributed by atoms with E-state index in [2.05, 4.69) is 15.3 Å². The second kappa shape index (κ2) is 5.81. The first-order valence-electron chi connectivity index (χ1n) is 6.38. The van der Waals surface area contributed by atoms with Crippen molar-refractivity contribution in [1.82, 2.24) is 14.9 Å². The molecule has 2 rings (SSSR count). The molecule has 6 nitrogen and oxygen atoms in total. The zero-order valence-corrected chi connectivity index (χ0v) is 11.2. The number of amides is 1. The lowest BCUT2D eigenvalue weighted by Gasteiger charge is -2.34. The Labute approximate surface area is 111 Å². The second-order valence-electron chi connectivity index (χ2n) is 4.39. The number of piperazine rings is 1. The number of hydrogen-bond donors (Lipinski definition) is 1. The van der Waals surface area contributed by atoms with E-state index in [9.17, 15) is 9.18 Å². The van der Waals surface area contributed by atoms with Crippen LogP contribution in [0.4, 0.5) is 16.2 Å². The van der Waals surface area contributed by atoms with Gasteiger partial charge in [0.15, 0.2) is 11.6 Å². The van der Waals surface area contributed by atoms with Crippen molar-refractivity contribution in [2.45, 2.75) is 13.8 Å². The number of carbonyl (C=O) groups excluding carboxylic acids is 1. The van der Waals surface area contributed by atoms with Gasteiger partial charge in [-0.2, -0.15) is 4.98 Å². The number of nitrogens with one attached hydrogen (secondary N) is 1. The lowest BCUT2D eigenvalue weighted by atomic mass is 10.3. The van der Waals surface area contributed by atoms with Crippen LogP contribution in [0.3, 0.4) is 0 Å². The van der Waals surface area contributed by atoms with E-state index in [0.29, 0.717) is 44.5 Å². The molecule has 1 amide bonds. The fraction of sp³-hybridized carbons (Fsp3) is 0.583. The Balaban J connectivity index is 2.10. The highest BCUT2D eigenvalue weighted by atomic mass is 19.1. The van der Waals surface area contributed by atoms with Crippen molar-refractivity contribution in [3.63, 3.8) is 0 Å². The standard InChI is InChI=1S/C12H18FN5O/c1-3-14-12-15-8-10(13)11(16-12)18-6-4-17(5-7-18)9(2)19/h8H,3-7H2,1-2H3,(H,14,15,16). The highest BCUT2D eigenvalue weighted by Gasteiger charge is 2.22. The molecule has 0 atom stereocenters. The van der Waals surface area contributed by atoms with Crippen molar-refractivity contribution < 1.29 is 9.18 Å². The Morgan fingerprint density at radius 1 is 1.42 bits per heavy atom. The number of aromatic nitrogens is 2. The molecule has 2 heterocycles. The summed E-state index contributed by atoms with van der Waals surface area (Å²) < 4.78 is 13.8. The van der Waals surface area contributed by atoms with E-state index in [1.807, 2.05) is 11.8 Å². The predicted molar refractivity (Wildman–Crippen MR) is 70.6 cm³/mol. The van der Waals surface area contributed by atoms with Crippen molar-refractivity contribution in [2.24, 2.45) is 0 Å². The minimum Gasteiger partial charge on any atom is -0.354 e. The summed E-state index contributed by atoms with van der Waals surface area (Å²) in [6, 6.07) is 0. The van der Waals surface area contributed by atoms with Crippen LogP contribution in [0.1, 0.15) is 13.8 Å². The van der Waals surface area contributed by atoms with Crippen LogP contribution >= 0.6 is 0 Å². The molecule has 0 bridgehead atoms. The molecule has 1 fully saturated rings. The molecule has 7 heteroatoms. The summed E-state index contributed by atoms with van der Waals surface area (Å²) in [7, 11) is 0. The average molecular weight is 267 g/mol. The van der Waals surface area contributed by atoms with Crippen LogP contribution in [0.25, 0.3) is 0 Å². The zero-order valence-electron chi connectivity index (χ0n) is 11.2. The number of halogens is 1. The third-order valence-corrected chi connectivity index (χ3v) is 3.09. The van der Waals surface area contributed by atoms with Crippen LogP contribution in [0, 0.1) is 5.82 Å². The van der Waals surface area contributed by atoms with Gasteiger partial charge in [-0.25, -0.2) is 9.37 Å². The third-order valence-electron chi connectivity index (χ3n) is 3.09. The summed E-state index contributed by atoms with van der Waals surface area (Å²) in [6.07, 6.45) is 1.18. The van der Waals surface area contributed by atoms with Gasteiger partial charge < -0.3 is 15.1 Å². The topological polar surface area (TPSA) is 61.4 Å². The van der Waals surface area contributed by atoms with Gasteiger partial charge in [0.25, 0.3) is 0 Å². The molecular formula is C12H18FN5O. The Kier molecular flexibility index (Phi) is 4.13. The molecule has 1 N–H and O–H groups in total. The van der Waals surface area contributed by atoms with Crippen LogP contribution in [-0.2, 0) is 4.79 Å². The summed E-state index contributed by atoms with van der Waals surface area (Å²) in [5, 5.41) is 2.96. The summed E-state index contributed by atoms with van der Waals surface area (Å²) in [5.41, 5.74) is 0. The summed E-state index contributed by atoms with van der Waals surface area (Å²) in [5.74, 6) is 0.344. The summed E-state index contributed by atoms with van der Waals surface area (Å²) >= 11 is 0. The molecular weight excluding hydrogens is 249 g/mol. The van der Waals surface area contributed by atoms with Crippen molar-refractivity contribution in [3.05, 3.63) is 12.0 Å². The normalized spacial score (nSPS) is 15.5. The van der Waals surface area contributed by atoms with E-state index in [1.165, 1.54) is 6.20 Å². The van der Waals surface area contributed by atoms with E-state index < -0.39 is 5.82 Å². The molecule has 0 spiro atoms. The van der Waals surface area contributed by atoms with Gasteiger partial charge in [-0.15, -0.1) is 0 Å². The first kappa shape index (κ1) is 13.5. The maximum Gasteiger partial charge on any atom is 0.224 e. The molecule has 0 aliphatic carbocycles. The van der Waals surface area contributed by atoms with Gasteiger partial charge >= 0.3 is 0 Å². The van der Waals surface area contributed by atoms with Gasteiger partial charge in [-0.05, 0) is 6.92 Å². The lowest BCUT2D eigenvalue weighted by molar-refractivity contribution is -0.129. The smallest absolute Gasteiger partial charge is 0.224 e. The van der Waals surface area contributed by atoms with Crippen LogP contribution in [0.15, 0.2) is 6.20 Å². The Bertz CT molecular complexity index is 459. The van der Waals surface area contributed by atoms with E-state index in [1.54, 1.807) is 11.8 Å². The van der Waals surface area contributed by atoms with Gasteiger partial charge in [0.2, 0.25) is 11.9 Å². The first-order valence-corrected chi connectivity index (χ1v) is 6.38. The second-order valence-corrected chi connectivity index (χ2v) is 4.39. The number of anilines is 2. The first-order chi connectivity index (χ1) is 9.11. The molecule has 0 unspecified atom stereocenters. The molecule has 1 aromatic rings. The number of nitrogens with zero attached hydrogens (tertiary/aromatic N) is 4. The maximum atomic E-state index is 13.8. The van der Waals surface area contributed by atoms with Crippen LogP contribution in [0.2, 0.25) is 0 Å². The SMILES string of the molecule is CCNc1ncc(F)c(N2CCN(C(C)=O)CC2)n1. The van der Waals surface area contributed by atoms with Gasteiger partial charge in [-0.3, -0.25) is 4.79 Å². The maximum absolute atomic E-state index is 13.8. The highest BCUT2D eigenvalue weighted by Crippen LogP contribution is 2.19. The minimum absolute atomic E-state index is 0.0520. The van der Waals surface area contributed by atoms with Crippen molar-refractivity contribution in [1.29, 1.82) is 0 Å². The fourth-order valence-corrected chi connectivity index (χ4v) is 2.06. The number of hydrogen-bond acceptors (Lipinski definition) is 5. The minimum atomic E-state index is -0.432. The van der Waals surface area contributed by atoms with Gasteiger partial charge in [0, 0.05) is 39.6 Å². The lowest BCUT2D eigenvalue weighted by Crippen LogP contribution is -2.48. The van der Waals surface area contributed by atoms with Crippen LogP contribution in [-0.4, -0.2) is 53.5 Å². The fourth-order valence-electron chi connectivity index (χ4n) is 2.06. The zero-order chi connectivity index (χ0) is 13.8. The molecule has 1 aliphatic heterocycles. The van der Waals surface area contributed by atoms with Gasteiger partial charge in [0.05, 0.1) is 6.20 Å². The number of rotatable bonds is 3. The number of carbonyl (C=O) groups is 1. The molecule has 19 heavy (non-hydrogen) atoms. The highest BCUT2D eigenvalue weighted by molar-refractivity contribution is 5.73. The quantitative estimate of drug-likeness (QED) is 0.874. The Hall–Kier alpha value is -1.92. The molecule has 1 aliphatic rings. The van der Waals surface area contributed by atoms with E-state index in [0.717, 1.165) is 0 Å². The predicted octanol–water partition coefficient (Wildman–Crippen LogP) is 0.716. The summed E-state index contributed by atoms with van der Waals surface area (Å²) in [4.78, 5) is 22.9. The van der Waals surface area contributed by atoms with E-state index in [-0.39, 0.29) is 5.91 Å². The summed E-state index contributed by atoms with van der Waals surface area (Å²) in [6.45, 7) is 6.51. The Morgan fingerprint density at radius 2 is 2.11 bits per heavy atom. The van der Waals surface area contributed by atoms with Gasteiger partial charge in [0.1, 0.15) is 0 Å². The molecule has 0 radical (unpaired) electrons. The third kappa shape index (κ3) is 3.10. The molecule has 1 aromatic heterocycles.